The Morgan fingerprint density at radius 3 is 2.42 bits per heavy atom. The molecule has 0 saturated carbocycles. The number of hydrogen-bond acceptors (Lipinski definition) is 3. The van der Waals surface area contributed by atoms with Gasteiger partial charge in [0, 0.05) is 5.69 Å². The molecule has 0 spiro atoms. The van der Waals surface area contributed by atoms with E-state index in [2.05, 4.69) is 10.0 Å². The largest absolute Gasteiger partial charge is 0.325 e. The predicted octanol–water partition coefficient (Wildman–Crippen LogP) is 2.67. The topological polar surface area (TPSA) is 75.3 Å². The Hall–Kier alpha value is -2.18. The average Bonchev–Trinajstić information content (AvgIpc) is 2.49. The first-order chi connectivity index (χ1) is 11.2. The van der Waals surface area contributed by atoms with E-state index in [-0.39, 0.29) is 12.3 Å². The summed E-state index contributed by atoms with van der Waals surface area (Å²) in [6.45, 7) is 5.41. The normalized spacial score (nSPS) is 11.3. The van der Waals surface area contributed by atoms with Crippen molar-refractivity contribution >= 4 is 21.6 Å². The van der Waals surface area contributed by atoms with Crippen molar-refractivity contribution in [3.05, 3.63) is 64.7 Å². The first kappa shape index (κ1) is 18.2. The highest BCUT2D eigenvalue weighted by molar-refractivity contribution is 7.88. The number of rotatable bonds is 6. The van der Waals surface area contributed by atoms with Gasteiger partial charge in [0.15, 0.2) is 0 Å². The number of carbonyl (C=O) groups is 1. The van der Waals surface area contributed by atoms with Crippen molar-refractivity contribution < 1.29 is 13.2 Å². The zero-order valence-corrected chi connectivity index (χ0v) is 14.9. The molecule has 0 aliphatic carbocycles. The molecule has 0 fully saturated rings. The lowest BCUT2D eigenvalue weighted by Crippen LogP contribution is -2.33. The number of sulfonamides is 1. The Bertz CT molecular complexity index is 845. The van der Waals surface area contributed by atoms with Crippen LogP contribution >= 0.6 is 0 Å². The summed E-state index contributed by atoms with van der Waals surface area (Å²) in [5, 5.41) is 2.67. The fraction of sp³-hybridized carbons (Fsp3) is 0.278. The summed E-state index contributed by atoms with van der Waals surface area (Å²) in [7, 11) is -3.58. The zero-order chi connectivity index (χ0) is 17.7. The minimum absolute atomic E-state index is 0.141. The van der Waals surface area contributed by atoms with E-state index < -0.39 is 15.9 Å². The SMILES string of the molecule is Cc1cccc(NC(=O)CNS(=O)(=O)Cc2cc(C)ccc2C)c1. The van der Waals surface area contributed by atoms with E-state index in [1.807, 2.05) is 57.2 Å². The van der Waals surface area contributed by atoms with Crippen molar-refractivity contribution in [3.63, 3.8) is 0 Å². The van der Waals surface area contributed by atoms with E-state index in [0.29, 0.717) is 5.69 Å². The van der Waals surface area contributed by atoms with Gasteiger partial charge in [0.1, 0.15) is 0 Å². The highest BCUT2D eigenvalue weighted by Crippen LogP contribution is 2.13. The molecule has 128 valence electrons. The van der Waals surface area contributed by atoms with Gasteiger partial charge < -0.3 is 5.32 Å². The Morgan fingerprint density at radius 1 is 1.00 bits per heavy atom. The molecule has 0 aliphatic rings. The van der Waals surface area contributed by atoms with Crippen molar-refractivity contribution in [2.24, 2.45) is 0 Å². The molecular weight excluding hydrogens is 324 g/mol. The molecule has 2 rings (SSSR count). The third-order valence-corrected chi connectivity index (χ3v) is 4.88. The first-order valence-corrected chi connectivity index (χ1v) is 9.30. The van der Waals surface area contributed by atoms with Crippen LogP contribution in [0.4, 0.5) is 5.69 Å². The van der Waals surface area contributed by atoms with Crippen molar-refractivity contribution in [1.29, 1.82) is 0 Å². The molecule has 24 heavy (non-hydrogen) atoms. The molecule has 1 amide bonds. The molecule has 0 bridgehead atoms. The molecule has 6 heteroatoms. The Morgan fingerprint density at radius 2 is 1.71 bits per heavy atom. The van der Waals surface area contributed by atoms with Crippen molar-refractivity contribution in [3.8, 4) is 0 Å². The van der Waals surface area contributed by atoms with Gasteiger partial charge in [-0.15, -0.1) is 0 Å². The second-order valence-corrected chi connectivity index (χ2v) is 7.73. The number of carbonyl (C=O) groups excluding carboxylic acids is 1. The van der Waals surface area contributed by atoms with Crippen LogP contribution in [0.15, 0.2) is 42.5 Å². The molecule has 0 radical (unpaired) electrons. The number of aryl methyl sites for hydroxylation is 3. The molecule has 0 unspecified atom stereocenters. The summed E-state index contributed by atoms with van der Waals surface area (Å²) < 4.78 is 26.7. The number of benzene rings is 2. The maximum Gasteiger partial charge on any atom is 0.239 e. The number of anilines is 1. The van der Waals surface area contributed by atoms with Gasteiger partial charge in [0.05, 0.1) is 12.3 Å². The van der Waals surface area contributed by atoms with Crippen molar-refractivity contribution in [1.82, 2.24) is 4.72 Å². The van der Waals surface area contributed by atoms with E-state index in [4.69, 9.17) is 0 Å². The maximum absolute atomic E-state index is 12.2. The highest BCUT2D eigenvalue weighted by Gasteiger charge is 2.15. The maximum atomic E-state index is 12.2. The molecule has 0 aliphatic heterocycles. The quantitative estimate of drug-likeness (QED) is 0.844. The molecular formula is C18H22N2O3S. The number of amides is 1. The van der Waals surface area contributed by atoms with Gasteiger partial charge in [0.25, 0.3) is 0 Å². The van der Waals surface area contributed by atoms with Crippen LogP contribution in [0.1, 0.15) is 22.3 Å². The van der Waals surface area contributed by atoms with Crippen LogP contribution in [0.5, 0.6) is 0 Å². The predicted molar refractivity (Wildman–Crippen MR) is 96.4 cm³/mol. The van der Waals surface area contributed by atoms with Gasteiger partial charge in [0.2, 0.25) is 15.9 Å². The van der Waals surface area contributed by atoms with Crippen LogP contribution in [0.25, 0.3) is 0 Å². The Balaban J connectivity index is 1.94. The minimum Gasteiger partial charge on any atom is -0.325 e. The van der Waals surface area contributed by atoms with Gasteiger partial charge in [-0.1, -0.05) is 35.9 Å². The second kappa shape index (κ2) is 7.59. The van der Waals surface area contributed by atoms with Gasteiger partial charge in [-0.25, -0.2) is 13.1 Å². The van der Waals surface area contributed by atoms with Gasteiger partial charge in [-0.3, -0.25) is 4.79 Å². The lowest BCUT2D eigenvalue weighted by Gasteiger charge is -2.10. The lowest BCUT2D eigenvalue weighted by atomic mass is 10.1. The average molecular weight is 346 g/mol. The van der Waals surface area contributed by atoms with Crippen LogP contribution in [0.3, 0.4) is 0 Å². The number of hydrogen-bond donors (Lipinski definition) is 2. The number of nitrogens with one attached hydrogen (secondary N) is 2. The summed E-state index contributed by atoms with van der Waals surface area (Å²) in [6, 6.07) is 13.0. The molecule has 2 N–H and O–H groups in total. The summed E-state index contributed by atoms with van der Waals surface area (Å²) in [5.41, 5.74) is 4.32. The Labute approximate surface area is 143 Å². The zero-order valence-electron chi connectivity index (χ0n) is 14.1. The second-order valence-electron chi connectivity index (χ2n) is 5.93. The fourth-order valence-corrected chi connectivity index (χ4v) is 3.49. The van der Waals surface area contributed by atoms with Gasteiger partial charge >= 0.3 is 0 Å². The molecule has 0 aromatic heterocycles. The summed E-state index contributed by atoms with van der Waals surface area (Å²) in [4.78, 5) is 11.9. The van der Waals surface area contributed by atoms with Crippen molar-refractivity contribution in [2.75, 3.05) is 11.9 Å². The van der Waals surface area contributed by atoms with Crippen LogP contribution in [0.2, 0.25) is 0 Å². The molecule has 0 saturated heterocycles. The summed E-state index contributed by atoms with van der Waals surface area (Å²) in [6.07, 6.45) is 0. The monoisotopic (exact) mass is 346 g/mol. The van der Waals surface area contributed by atoms with Crippen LogP contribution < -0.4 is 10.0 Å². The third-order valence-electron chi connectivity index (χ3n) is 3.60. The smallest absolute Gasteiger partial charge is 0.239 e. The molecule has 0 atom stereocenters. The standard InChI is InChI=1S/C18H22N2O3S/c1-13-5-4-6-17(10-13)20-18(21)11-19-24(22,23)12-16-9-14(2)7-8-15(16)3/h4-10,19H,11-12H2,1-3H3,(H,20,21). The molecule has 2 aromatic carbocycles. The van der Waals surface area contributed by atoms with E-state index in [1.54, 1.807) is 6.07 Å². The third kappa shape index (κ3) is 5.47. The van der Waals surface area contributed by atoms with E-state index in [0.717, 1.165) is 22.3 Å². The molecule has 2 aromatic rings. The van der Waals surface area contributed by atoms with E-state index >= 15 is 0 Å². The van der Waals surface area contributed by atoms with E-state index in [9.17, 15) is 13.2 Å². The van der Waals surface area contributed by atoms with Gasteiger partial charge in [-0.2, -0.15) is 0 Å². The van der Waals surface area contributed by atoms with E-state index in [1.165, 1.54) is 0 Å². The lowest BCUT2D eigenvalue weighted by molar-refractivity contribution is -0.115. The fourth-order valence-electron chi connectivity index (χ4n) is 2.32. The molecule has 5 nitrogen and oxygen atoms in total. The summed E-state index contributed by atoms with van der Waals surface area (Å²) >= 11 is 0. The van der Waals surface area contributed by atoms with Crippen LogP contribution in [0, 0.1) is 20.8 Å². The Kier molecular flexibility index (Phi) is 5.75. The first-order valence-electron chi connectivity index (χ1n) is 7.65. The van der Waals surface area contributed by atoms with Crippen LogP contribution in [-0.2, 0) is 20.6 Å². The minimum atomic E-state index is -3.58. The van der Waals surface area contributed by atoms with Gasteiger partial charge in [-0.05, 0) is 49.6 Å². The summed E-state index contributed by atoms with van der Waals surface area (Å²) in [5.74, 6) is -0.539. The molecule has 0 heterocycles. The van der Waals surface area contributed by atoms with Crippen LogP contribution in [-0.4, -0.2) is 20.9 Å². The van der Waals surface area contributed by atoms with Crippen molar-refractivity contribution in [2.45, 2.75) is 26.5 Å². The highest BCUT2D eigenvalue weighted by atomic mass is 32.2.